The Kier molecular flexibility index (Phi) is 3.43. The molecule has 2 nitrogen and oxygen atoms in total. The van der Waals surface area contributed by atoms with E-state index in [2.05, 4.69) is 17.4 Å². The first-order valence-electron chi connectivity index (χ1n) is 7.84. The van der Waals surface area contributed by atoms with Gasteiger partial charge < -0.3 is 5.32 Å². The fraction of sp³-hybridized carbons (Fsp3) is 0.0952. The number of rotatable bonds is 2. The summed E-state index contributed by atoms with van der Waals surface area (Å²) in [5.41, 5.74) is 3.87. The molecular weight excluding hydrogens is 282 g/mol. The maximum Gasteiger partial charge on any atom is 0.174 e. The number of nitrogens with one attached hydrogen (secondary N) is 1. The Labute approximate surface area is 135 Å². The van der Waals surface area contributed by atoms with Gasteiger partial charge in [-0.15, -0.1) is 0 Å². The number of benzene rings is 3. The van der Waals surface area contributed by atoms with E-state index in [-0.39, 0.29) is 17.7 Å². The molecule has 2 atom stereocenters. The lowest BCUT2D eigenvalue weighted by Crippen LogP contribution is -2.31. The monoisotopic (exact) mass is 299 g/mol. The molecule has 1 heterocycles. The second kappa shape index (κ2) is 5.73. The first-order valence-corrected chi connectivity index (χ1v) is 7.84. The summed E-state index contributed by atoms with van der Waals surface area (Å²) in [6.45, 7) is 0. The highest BCUT2D eigenvalue weighted by molar-refractivity contribution is 6.07. The number of carbonyl (C=O) groups excluding carboxylic acids is 1. The molecule has 0 amide bonds. The molecule has 2 heteroatoms. The first kappa shape index (κ1) is 13.8. The lowest BCUT2D eigenvalue weighted by molar-refractivity contribution is 0.0945. The molecule has 1 aliphatic heterocycles. The van der Waals surface area contributed by atoms with Crippen LogP contribution in [0.3, 0.4) is 0 Å². The van der Waals surface area contributed by atoms with E-state index in [0.717, 1.165) is 22.4 Å². The van der Waals surface area contributed by atoms with E-state index in [1.54, 1.807) is 0 Å². The van der Waals surface area contributed by atoms with Crippen LogP contribution in [0.1, 0.15) is 33.4 Å². The summed E-state index contributed by atoms with van der Waals surface area (Å²) >= 11 is 0. The van der Waals surface area contributed by atoms with Gasteiger partial charge in [-0.1, -0.05) is 72.8 Å². The van der Waals surface area contributed by atoms with Crippen molar-refractivity contribution >= 4 is 11.5 Å². The zero-order valence-corrected chi connectivity index (χ0v) is 12.6. The fourth-order valence-corrected chi connectivity index (χ4v) is 3.33. The van der Waals surface area contributed by atoms with Crippen LogP contribution >= 0.6 is 0 Å². The molecule has 2 unspecified atom stereocenters. The minimum Gasteiger partial charge on any atom is -0.377 e. The zero-order valence-electron chi connectivity index (χ0n) is 12.6. The SMILES string of the molecule is O=C1c2ccccc2NC(c2ccccc2)C1c1ccccc1. The molecule has 112 valence electrons. The largest absolute Gasteiger partial charge is 0.377 e. The minimum atomic E-state index is -0.214. The molecule has 0 saturated heterocycles. The molecule has 4 rings (SSSR count). The van der Waals surface area contributed by atoms with E-state index < -0.39 is 0 Å². The highest BCUT2D eigenvalue weighted by atomic mass is 16.1. The zero-order chi connectivity index (χ0) is 15.6. The van der Waals surface area contributed by atoms with E-state index in [9.17, 15) is 4.79 Å². The molecule has 1 N–H and O–H groups in total. The van der Waals surface area contributed by atoms with Crippen LogP contribution in [0.2, 0.25) is 0 Å². The van der Waals surface area contributed by atoms with Crippen LogP contribution in [0.25, 0.3) is 0 Å². The van der Waals surface area contributed by atoms with Crippen molar-refractivity contribution < 1.29 is 4.79 Å². The Balaban J connectivity index is 1.87. The minimum absolute atomic E-state index is 0.0546. The molecule has 0 aliphatic carbocycles. The number of hydrogen-bond donors (Lipinski definition) is 1. The summed E-state index contributed by atoms with van der Waals surface area (Å²) in [7, 11) is 0. The average Bonchev–Trinajstić information content (AvgIpc) is 2.63. The van der Waals surface area contributed by atoms with Crippen LogP contribution in [-0.4, -0.2) is 5.78 Å². The lowest BCUT2D eigenvalue weighted by Gasteiger charge is -2.34. The van der Waals surface area contributed by atoms with Crippen molar-refractivity contribution in [2.45, 2.75) is 12.0 Å². The molecule has 3 aromatic rings. The third kappa shape index (κ3) is 2.42. The number of anilines is 1. The van der Waals surface area contributed by atoms with Crippen molar-refractivity contribution in [3.05, 3.63) is 102 Å². The van der Waals surface area contributed by atoms with E-state index in [0.29, 0.717) is 0 Å². The number of fused-ring (bicyclic) bond motifs is 1. The first-order chi connectivity index (χ1) is 11.3. The topological polar surface area (TPSA) is 29.1 Å². The summed E-state index contributed by atoms with van der Waals surface area (Å²) in [4.78, 5) is 13.2. The smallest absolute Gasteiger partial charge is 0.174 e. The Bertz CT molecular complexity index is 827. The third-order valence-electron chi connectivity index (χ3n) is 4.44. The summed E-state index contributed by atoms with van der Waals surface area (Å²) in [6.07, 6.45) is 0. The predicted octanol–water partition coefficient (Wildman–Crippen LogP) is 4.82. The van der Waals surface area contributed by atoms with Gasteiger partial charge in [-0.05, 0) is 23.3 Å². The Morgan fingerprint density at radius 2 is 1.22 bits per heavy atom. The van der Waals surface area contributed by atoms with Crippen LogP contribution in [-0.2, 0) is 0 Å². The number of para-hydroxylation sites is 1. The average molecular weight is 299 g/mol. The van der Waals surface area contributed by atoms with Gasteiger partial charge in [0.15, 0.2) is 5.78 Å². The van der Waals surface area contributed by atoms with Gasteiger partial charge >= 0.3 is 0 Å². The molecular formula is C21H17NO. The van der Waals surface area contributed by atoms with E-state index >= 15 is 0 Å². The quantitative estimate of drug-likeness (QED) is 0.735. The fourth-order valence-electron chi connectivity index (χ4n) is 3.33. The van der Waals surface area contributed by atoms with Crippen molar-refractivity contribution in [3.63, 3.8) is 0 Å². The molecule has 0 bridgehead atoms. The maximum absolute atomic E-state index is 13.2. The van der Waals surface area contributed by atoms with Crippen LogP contribution in [0.4, 0.5) is 5.69 Å². The molecule has 0 saturated carbocycles. The van der Waals surface area contributed by atoms with Crippen molar-refractivity contribution in [1.29, 1.82) is 0 Å². The second-order valence-corrected chi connectivity index (χ2v) is 5.83. The summed E-state index contributed by atoms with van der Waals surface area (Å²) in [5, 5.41) is 3.57. The van der Waals surface area contributed by atoms with Gasteiger partial charge in [0.05, 0.1) is 12.0 Å². The third-order valence-corrected chi connectivity index (χ3v) is 4.44. The molecule has 23 heavy (non-hydrogen) atoms. The Hall–Kier alpha value is -2.87. The van der Waals surface area contributed by atoms with Crippen LogP contribution < -0.4 is 5.32 Å². The van der Waals surface area contributed by atoms with Gasteiger partial charge in [0.25, 0.3) is 0 Å². The van der Waals surface area contributed by atoms with Gasteiger partial charge in [-0.3, -0.25) is 4.79 Å². The summed E-state index contributed by atoms with van der Waals surface area (Å²) in [5.74, 6) is -0.0343. The standard InChI is InChI=1S/C21H17NO/c23-21-17-13-7-8-14-18(17)22-20(16-11-5-2-6-12-16)19(21)15-9-3-1-4-10-15/h1-14,19-20,22H. The van der Waals surface area contributed by atoms with Gasteiger partial charge in [-0.25, -0.2) is 0 Å². The second-order valence-electron chi connectivity index (χ2n) is 5.83. The normalized spacial score (nSPS) is 19.7. The van der Waals surface area contributed by atoms with Crippen molar-refractivity contribution in [3.8, 4) is 0 Å². The van der Waals surface area contributed by atoms with Crippen molar-refractivity contribution in [1.82, 2.24) is 0 Å². The van der Waals surface area contributed by atoms with Crippen LogP contribution in [0.5, 0.6) is 0 Å². The van der Waals surface area contributed by atoms with Crippen LogP contribution in [0, 0.1) is 0 Å². The predicted molar refractivity (Wildman–Crippen MR) is 92.8 cm³/mol. The van der Waals surface area contributed by atoms with Crippen molar-refractivity contribution in [2.24, 2.45) is 0 Å². The Morgan fingerprint density at radius 1 is 0.652 bits per heavy atom. The van der Waals surface area contributed by atoms with Crippen LogP contribution in [0.15, 0.2) is 84.9 Å². The van der Waals surface area contributed by atoms with Crippen molar-refractivity contribution in [2.75, 3.05) is 5.32 Å². The highest BCUT2D eigenvalue weighted by Crippen LogP contribution is 2.42. The number of hydrogen-bond acceptors (Lipinski definition) is 2. The lowest BCUT2D eigenvalue weighted by atomic mass is 9.78. The molecule has 0 aromatic heterocycles. The van der Waals surface area contributed by atoms with Gasteiger partial charge in [-0.2, -0.15) is 0 Å². The molecule has 3 aromatic carbocycles. The molecule has 1 aliphatic rings. The highest BCUT2D eigenvalue weighted by Gasteiger charge is 2.36. The molecule has 0 radical (unpaired) electrons. The Morgan fingerprint density at radius 3 is 1.91 bits per heavy atom. The summed E-state index contributed by atoms with van der Waals surface area (Å²) < 4.78 is 0. The van der Waals surface area contributed by atoms with E-state index in [1.807, 2.05) is 72.8 Å². The van der Waals surface area contributed by atoms with E-state index in [1.165, 1.54) is 0 Å². The number of ketones is 1. The van der Waals surface area contributed by atoms with Gasteiger partial charge in [0, 0.05) is 11.3 Å². The number of carbonyl (C=O) groups is 1. The van der Waals surface area contributed by atoms with Gasteiger partial charge in [0.2, 0.25) is 0 Å². The van der Waals surface area contributed by atoms with Gasteiger partial charge in [0.1, 0.15) is 0 Å². The molecule has 0 spiro atoms. The number of Topliss-reactive ketones (excluding diaryl/α,β-unsaturated/α-hetero) is 1. The van der Waals surface area contributed by atoms with E-state index in [4.69, 9.17) is 0 Å². The molecule has 0 fully saturated rings. The summed E-state index contributed by atoms with van der Waals surface area (Å²) in [6, 6.07) is 27.9. The maximum atomic E-state index is 13.2.